The van der Waals surface area contributed by atoms with E-state index in [1.54, 1.807) is 6.33 Å². The van der Waals surface area contributed by atoms with E-state index in [4.69, 9.17) is 0 Å². The lowest BCUT2D eigenvalue weighted by atomic mass is 10.1. The molecule has 0 bridgehead atoms. The molecule has 0 amide bonds. The van der Waals surface area contributed by atoms with E-state index in [9.17, 15) is 5.11 Å². The molecule has 1 saturated carbocycles. The summed E-state index contributed by atoms with van der Waals surface area (Å²) in [5.74, 6) is 1.11. The molecule has 0 radical (unpaired) electrons. The molecule has 4 atom stereocenters. The first-order valence-electron chi connectivity index (χ1n) is 9.40. The number of imidazole rings is 1. The molecule has 26 heavy (non-hydrogen) atoms. The molecule has 3 aromatic rings. The maximum atomic E-state index is 10.1. The summed E-state index contributed by atoms with van der Waals surface area (Å²) in [5.41, 5.74) is 4.42. The molecule has 0 aliphatic heterocycles. The first kappa shape index (κ1) is 15.8. The Bertz CT molecular complexity index is 942. The van der Waals surface area contributed by atoms with Crippen LogP contribution in [0.25, 0.3) is 11.2 Å². The van der Waals surface area contributed by atoms with Crippen molar-refractivity contribution in [3.05, 3.63) is 48.0 Å². The van der Waals surface area contributed by atoms with E-state index in [0.29, 0.717) is 5.92 Å². The zero-order valence-electron chi connectivity index (χ0n) is 14.8. The minimum absolute atomic E-state index is 0.244. The van der Waals surface area contributed by atoms with Crippen LogP contribution >= 0.6 is 0 Å². The van der Waals surface area contributed by atoms with Crippen LogP contribution in [0.1, 0.15) is 49.4 Å². The van der Waals surface area contributed by atoms with Gasteiger partial charge in [-0.05, 0) is 42.7 Å². The topological polar surface area (TPSA) is 75.9 Å². The average molecular weight is 349 g/mol. The van der Waals surface area contributed by atoms with Gasteiger partial charge in [0.1, 0.15) is 11.8 Å². The number of aromatic nitrogens is 4. The van der Waals surface area contributed by atoms with Gasteiger partial charge in [0.15, 0.2) is 11.5 Å². The van der Waals surface area contributed by atoms with Gasteiger partial charge in [-0.2, -0.15) is 0 Å². The van der Waals surface area contributed by atoms with Crippen molar-refractivity contribution in [1.82, 2.24) is 19.5 Å². The fraction of sp³-hybridized carbons (Fsp3) is 0.450. The monoisotopic (exact) mass is 349 g/mol. The highest BCUT2D eigenvalue weighted by atomic mass is 16.3. The number of nitrogens with one attached hydrogen (secondary N) is 1. The third-order valence-electron chi connectivity index (χ3n) is 6.01. The molecule has 2 heterocycles. The predicted molar refractivity (Wildman–Crippen MR) is 99.9 cm³/mol. The second-order valence-electron chi connectivity index (χ2n) is 7.65. The first-order chi connectivity index (χ1) is 12.7. The molecule has 1 aromatic carbocycles. The number of aryl methyl sites for hydroxylation is 1. The highest BCUT2D eigenvalue weighted by molar-refractivity contribution is 5.83. The van der Waals surface area contributed by atoms with Crippen molar-refractivity contribution in [2.75, 3.05) is 5.32 Å². The van der Waals surface area contributed by atoms with E-state index < -0.39 is 0 Å². The highest BCUT2D eigenvalue weighted by Crippen LogP contribution is 2.37. The van der Waals surface area contributed by atoms with Gasteiger partial charge in [-0.1, -0.05) is 31.2 Å². The highest BCUT2D eigenvalue weighted by Gasteiger charge is 2.32. The summed E-state index contributed by atoms with van der Waals surface area (Å²) in [6.45, 7) is 2.10. The molecule has 5 rings (SSSR count). The smallest absolute Gasteiger partial charge is 0.165 e. The Morgan fingerprint density at radius 3 is 2.88 bits per heavy atom. The van der Waals surface area contributed by atoms with Crippen LogP contribution in [-0.2, 0) is 6.42 Å². The number of aliphatic hydroxyl groups excluding tert-OH is 1. The molecular weight excluding hydrogens is 326 g/mol. The number of nitrogens with zero attached hydrogens (tertiary/aromatic N) is 4. The molecule has 2 N–H and O–H groups in total. The summed E-state index contributed by atoms with van der Waals surface area (Å²) >= 11 is 0. The summed E-state index contributed by atoms with van der Waals surface area (Å²) in [6.07, 6.45) is 7.09. The number of rotatable bonds is 3. The molecule has 6 heteroatoms. The number of hydrogen-bond acceptors (Lipinski definition) is 5. The van der Waals surface area contributed by atoms with Crippen LogP contribution in [0.3, 0.4) is 0 Å². The summed E-state index contributed by atoms with van der Waals surface area (Å²) in [6, 6.07) is 9.10. The summed E-state index contributed by atoms with van der Waals surface area (Å²) in [7, 11) is 0. The fourth-order valence-corrected chi connectivity index (χ4v) is 4.52. The number of anilines is 1. The molecule has 2 aliphatic carbocycles. The maximum absolute atomic E-state index is 10.1. The van der Waals surface area contributed by atoms with Gasteiger partial charge in [0, 0.05) is 6.04 Å². The number of fused-ring (bicyclic) bond motifs is 2. The zero-order valence-corrected chi connectivity index (χ0v) is 14.8. The maximum Gasteiger partial charge on any atom is 0.165 e. The van der Waals surface area contributed by atoms with E-state index in [0.717, 1.165) is 42.7 Å². The van der Waals surface area contributed by atoms with Crippen LogP contribution in [0, 0.1) is 5.92 Å². The number of benzene rings is 1. The lowest BCUT2D eigenvalue weighted by molar-refractivity contribution is 0.139. The summed E-state index contributed by atoms with van der Waals surface area (Å²) in [5, 5.41) is 13.7. The van der Waals surface area contributed by atoms with Crippen molar-refractivity contribution in [1.29, 1.82) is 0 Å². The Morgan fingerprint density at radius 1 is 1.15 bits per heavy atom. The van der Waals surface area contributed by atoms with Crippen LogP contribution in [-0.4, -0.2) is 30.7 Å². The van der Waals surface area contributed by atoms with E-state index in [1.165, 1.54) is 11.1 Å². The summed E-state index contributed by atoms with van der Waals surface area (Å²) in [4.78, 5) is 13.6. The zero-order chi connectivity index (χ0) is 17.7. The Balaban J connectivity index is 1.47. The van der Waals surface area contributed by atoms with Crippen LogP contribution in [0.5, 0.6) is 0 Å². The Labute approximate surface area is 152 Å². The fourth-order valence-electron chi connectivity index (χ4n) is 4.52. The third kappa shape index (κ3) is 2.48. The van der Waals surface area contributed by atoms with Crippen molar-refractivity contribution in [3.8, 4) is 0 Å². The van der Waals surface area contributed by atoms with E-state index in [1.807, 2.05) is 6.33 Å². The van der Waals surface area contributed by atoms with E-state index >= 15 is 0 Å². The van der Waals surface area contributed by atoms with Crippen molar-refractivity contribution >= 4 is 17.0 Å². The standard InChI is InChI=1S/C20H23N5O/c1-12-8-14(9-17(12)26)25-11-23-18-19(21-10-22-20(18)25)24-16-7-6-13-4-2-3-5-15(13)16/h2-5,10-12,14,16-17,26H,6-9H2,1H3,(H,21,22,24)/t12-,14-,16+,17+/m1/s1. The first-order valence-corrected chi connectivity index (χ1v) is 9.40. The average Bonchev–Trinajstić information content (AvgIpc) is 3.34. The molecule has 0 saturated heterocycles. The largest absolute Gasteiger partial charge is 0.393 e. The lowest BCUT2D eigenvalue weighted by Crippen LogP contribution is -2.10. The van der Waals surface area contributed by atoms with Gasteiger partial charge in [-0.3, -0.25) is 0 Å². The van der Waals surface area contributed by atoms with Gasteiger partial charge in [0.25, 0.3) is 0 Å². The predicted octanol–water partition coefficient (Wildman–Crippen LogP) is 3.26. The third-order valence-corrected chi connectivity index (χ3v) is 6.01. The second kappa shape index (κ2) is 6.06. The van der Waals surface area contributed by atoms with Crippen LogP contribution < -0.4 is 5.32 Å². The molecular formula is C20H23N5O. The Morgan fingerprint density at radius 2 is 2.04 bits per heavy atom. The molecule has 0 unspecified atom stereocenters. The van der Waals surface area contributed by atoms with Crippen molar-refractivity contribution in [2.24, 2.45) is 5.92 Å². The van der Waals surface area contributed by atoms with E-state index in [2.05, 4.69) is 56.0 Å². The van der Waals surface area contributed by atoms with Gasteiger partial charge in [-0.15, -0.1) is 0 Å². The Hall–Kier alpha value is -2.47. The van der Waals surface area contributed by atoms with Crippen LogP contribution in [0.2, 0.25) is 0 Å². The van der Waals surface area contributed by atoms with Crippen LogP contribution in [0.4, 0.5) is 5.82 Å². The normalized spacial score (nSPS) is 27.8. The van der Waals surface area contributed by atoms with E-state index in [-0.39, 0.29) is 18.2 Å². The molecule has 1 fully saturated rings. The number of hydrogen-bond donors (Lipinski definition) is 2. The molecule has 2 aliphatic rings. The van der Waals surface area contributed by atoms with Gasteiger partial charge < -0.3 is 15.0 Å². The quantitative estimate of drug-likeness (QED) is 0.759. The van der Waals surface area contributed by atoms with Gasteiger partial charge >= 0.3 is 0 Å². The van der Waals surface area contributed by atoms with Crippen molar-refractivity contribution in [3.63, 3.8) is 0 Å². The molecule has 2 aromatic heterocycles. The summed E-state index contributed by atoms with van der Waals surface area (Å²) < 4.78 is 2.11. The van der Waals surface area contributed by atoms with Gasteiger partial charge in [-0.25, -0.2) is 15.0 Å². The molecule has 0 spiro atoms. The Kier molecular flexibility index (Phi) is 3.67. The minimum Gasteiger partial charge on any atom is -0.393 e. The van der Waals surface area contributed by atoms with Gasteiger partial charge in [0.05, 0.1) is 18.5 Å². The second-order valence-corrected chi connectivity index (χ2v) is 7.65. The van der Waals surface area contributed by atoms with Crippen molar-refractivity contribution in [2.45, 2.75) is 50.8 Å². The molecule has 6 nitrogen and oxygen atoms in total. The van der Waals surface area contributed by atoms with Crippen molar-refractivity contribution < 1.29 is 5.11 Å². The lowest BCUT2D eigenvalue weighted by Gasteiger charge is -2.15. The molecule has 134 valence electrons. The minimum atomic E-state index is -0.244. The van der Waals surface area contributed by atoms with Crippen LogP contribution in [0.15, 0.2) is 36.9 Å². The number of aliphatic hydroxyl groups is 1. The van der Waals surface area contributed by atoms with Gasteiger partial charge in [0.2, 0.25) is 0 Å². The SMILES string of the molecule is C[C@@H]1C[C@@H](n2cnc3c(N[C@H]4CCc5ccccc54)ncnc32)C[C@@H]1O.